The van der Waals surface area contributed by atoms with Crippen molar-refractivity contribution in [2.24, 2.45) is 0 Å². The number of methoxy groups -OCH3 is 1. The van der Waals surface area contributed by atoms with Gasteiger partial charge >= 0.3 is 0 Å². The summed E-state index contributed by atoms with van der Waals surface area (Å²) in [6, 6.07) is 21.3. The van der Waals surface area contributed by atoms with E-state index in [-0.39, 0.29) is 17.3 Å². The highest BCUT2D eigenvalue weighted by Crippen LogP contribution is 2.28. The molecule has 4 rings (SSSR count). The molecular weight excluding hydrogens is 522 g/mol. The predicted molar refractivity (Wildman–Crippen MR) is 152 cm³/mol. The molecule has 1 aliphatic heterocycles. The normalized spacial score (nSPS) is 13.8. The minimum absolute atomic E-state index is 0.140. The fourth-order valence-electron chi connectivity index (χ4n) is 4.30. The first kappa shape index (κ1) is 27.7. The molecule has 1 heterocycles. The number of carbonyl (C=O) groups is 1. The van der Waals surface area contributed by atoms with E-state index in [0.717, 1.165) is 16.3 Å². The van der Waals surface area contributed by atoms with Gasteiger partial charge in [-0.3, -0.25) is 9.10 Å². The zero-order valence-electron chi connectivity index (χ0n) is 21.9. The Morgan fingerprint density at radius 1 is 0.895 bits per heavy atom. The summed E-state index contributed by atoms with van der Waals surface area (Å²) in [4.78, 5) is 18.4. The highest BCUT2D eigenvalue weighted by molar-refractivity contribution is 7.98. The van der Waals surface area contributed by atoms with Crippen LogP contribution in [0, 0.1) is 0 Å². The van der Waals surface area contributed by atoms with Gasteiger partial charge < -0.3 is 19.3 Å². The maximum Gasteiger partial charge on any atom is 0.264 e. The summed E-state index contributed by atoms with van der Waals surface area (Å²) in [7, 11) is -2.35. The van der Waals surface area contributed by atoms with Crippen LogP contribution >= 0.6 is 11.8 Å². The van der Waals surface area contributed by atoms with Crippen molar-refractivity contribution in [3.05, 3.63) is 72.8 Å². The lowest BCUT2D eigenvalue weighted by molar-refractivity contribution is -0.129. The van der Waals surface area contributed by atoms with E-state index in [1.165, 1.54) is 16.1 Å². The number of piperazine rings is 1. The minimum atomic E-state index is -3.98. The van der Waals surface area contributed by atoms with Crippen LogP contribution in [-0.2, 0) is 14.8 Å². The van der Waals surface area contributed by atoms with Crippen molar-refractivity contribution < 1.29 is 22.7 Å². The molecule has 1 saturated heterocycles. The van der Waals surface area contributed by atoms with E-state index in [9.17, 15) is 13.2 Å². The average molecular weight is 556 g/mol. The number of sulfonamides is 1. The Kier molecular flexibility index (Phi) is 9.06. The van der Waals surface area contributed by atoms with Gasteiger partial charge in [-0.1, -0.05) is 0 Å². The van der Waals surface area contributed by atoms with Gasteiger partial charge in [0, 0.05) is 36.8 Å². The van der Waals surface area contributed by atoms with Gasteiger partial charge in [-0.05, 0) is 86.0 Å². The topological polar surface area (TPSA) is 79.4 Å². The number of anilines is 2. The molecule has 3 aromatic rings. The van der Waals surface area contributed by atoms with Gasteiger partial charge in [0.2, 0.25) is 5.91 Å². The Labute approximate surface area is 229 Å². The summed E-state index contributed by atoms with van der Waals surface area (Å²) in [6.45, 7) is 4.42. The number of nitrogens with zero attached hydrogens (tertiary/aromatic N) is 3. The third kappa shape index (κ3) is 6.36. The average Bonchev–Trinajstić information content (AvgIpc) is 2.96. The standard InChI is InChI=1S/C28H33N3O5S2/c1-4-36-25-11-7-23(8-12-25)31(38(33,34)27-15-13-26(37-3)14-16-27)21-28(32)30-19-17-29(18-20-30)22-5-9-24(35-2)10-6-22/h5-16H,4,17-21H2,1-3H3. The molecule has 1 fully saturated rings. The van der Waals surface area contributed by atoms with Crippen LogP contribution in [0.4, 0.5) is 11.4 Å². The summed E-state index contributed by atoms with van der Waals surface area (Å²) in [5.74, 6) is 1.19. The van der Waals surface area contributed by atoms with Crippen LogP contribution in [0.3, 0.4) is 0 Å². The van der Waals surface area contributed by atoms with E-state index in [2.05, 4.69) is 4.90 Å². The number of amides is 1. The molecule has 0 aromatic heterocycles. The lowest BCUT2D eigenvalue weighted by Crippen LogP contribution is -2.52. The van der Waals surface area contributed by atoms with Crippen molar-refractivity contribution in [1.29, 1.82) is 0 Å². The minimum Gasteiger partial charge on any atom is -0.497 e. The SMILES string of the molecule is CCOc1ccc(N(CC(=O)N2CCN(c3ccc(OC)cc3)CC2)S(=O)(=O)c2ccc(SC)cc2)cc1. The predicted octanol–water partition coefficient (Wildman–Crippen LogP) is 4.36. The first-order valence-corrected chi connectivity index (χ1v) is 15.1. The number of rotatable bonds is 10. The fourth-order valence-corrected chi connectivity index (χ4v) is 6.12. The van der Waals surface area contributed by atoms with Crippen LogP contribution in [0.2, 0.25) is 0 Å². The molecule has 8 nitrogen and oxygen atoms in total. The summed E-state index contributed by atoms with van der Waals surface area (Å²) in [6.07, 6.45) is 1.93. The van der Waals surface area contributed by atoms with Gasteiger partial charge in [0.1, 0.15) is 18.0 Å². The lowest BCUT2D eigenvalue weighted by atomic mass is 10.2. The Morgan fingerprint density at radius 2 is 1.50 bits per heavy atom. The summed E-state index contributed by atoms with van der Waals surface area (Å²) >= 11 is 1.54. The number of hydrogen-bond acceptors (Lipinski definition) is 7. The highest BCUT2D eigenvalue weighted by Gasteiger charge is 2.30. The Morgan fingerprint density at radius 3 is 2.05 bits per heavy atom. The molecule has 38 heavy (non-hydrogen) atoms. The molecule has 1 aliphatic rings. The van der Waals surface area contributed by atoms with E-state index < -0.39 is 10.0 Å². The molecule has 0 aliphatic carbocycles. The van der Waals surface area contributed by atoms with Crippen molar-refractivity contribution in [3.63, 3.8) is 0 Å². The molecule has 3 aromatic carbocycles. The van der Waals surface area contributed by atoms with Gasteiger partial charge in [-0.15, -0.1) is 11.8 Å². The molecule has 10 heteroatoms. The molecule has 0 unspecified atom stereocenters. The highest BCUT2D eigenvalue weighted by atomic mass is 32.2. The second kappa shape index (κ2) is 12.4. The van der Waals surface area contributed by atoms with Crippen molar-refractivity contribution in [3.8, 4) is 11.5 Å². The van der Waals surface area contributed by atoms with Gasteiger partial charge in [0.15, 0.2) is 0 Å². The number of thioether (sulfide) groups is 1. The van der Waals surface area contributed by atoms with Crippen LogP contribution in [-0.4, -0.2) is 71.9 Å². The first-order valence-electron chi connectivity index (χ1n) is 12.4. The molecule has 1 amide bonds. The van der Waals surface area contributed by atoms with Crippen LogP contribution in [0.5, 0.6) is 11.5 Å². The second-order valence-corrected chi connectivity index (χ2v) is 11.4. The molecule has 0 bridgehead atoms. The molecule has 0 atom stereocenters. The van der Waals surface area contributed by atoms with Gasteiger partial charge in [-0.25, -0.2) is 8.42 Å². The first-order chi connectivity index (χ1) is 18.3. The summed E-state index contributed by atoms with van der Waals surface area (Å²) in [5, 5.41) is 0. The van der Waals surface area contributed by atoms with Gasteiger partial charge in [-0.2, -0.15) is 0 Å². The Hall–Kier alpha value is -3.37. The third-order valence-corrected chi connectivity index (χ3v) is 8.96. The van der Waals surface area contributed by atoms with E-state index >= 15 is 0 Å². The van der Waals surface area contributed by atoms with Crippen LogP contribution in [0.25, 0.3) is 0 Å². The van der Waals surface area contributed by atoms with E-state index in [1.54, 1.807) is 60.5 Å². The quantitative estimate of drug-likeness (QED) is 0.344. The molecule has 202 valence electrons. The van der Waals surface area contributed by atoms with Crippen LogP contribution < -0.4 is 18.7 Å². The zero-order valence-corrected chi connectivity index (χ0v) is 23.5. The van der Waals surface area contributed by atoms with E-state index in [4.69, 9.17) is 9.47 Å². The van der Waals surface area contributed by atoms with Crippen molar-refractivity contribution in [1.82, 2.24) is 4.90 Å². The van der Waals surface area contributed by atoms with Gasteiger partial charge in [0.05, 0.1) is 24.3 Å². The number of ether oxygens (including phenoxy) is 2. The molecule has 0 N–H and O–H groups in total. The van der Waals surface area contributed by atoms with E-state index in [0.29, 0.717) is 44.2 Å². The Balaban J connectivity index is 1.52. The van der Waals surface area contributed by atoms with Crippen molar-refractivity contribution in [2.75, 3.05) is 61.9 Å². The number of carbonyl (C=O) groups excluding carboxylic acids is 1. The smallest absolute Gasteiger partial charge is 0.264 e. The van der Waals surface area contributed by atoms with Crippen LogP contribution in [0.15, 0.2) is 82.6 Å². The largest absolute Gasteiger partial charge is 0.497 e. The third-order valence-electron chi connectivity index (χ3n) is 6.43. The summed E-state index contributed by atoms with van der Waals surface area (Å²) < 4.78 is 39.4. The van der Waals surface area contributed by atoms with Crippen molar-refractivity contribution in [2.45, 2.75) is 16.7 Å². The molecule has 0 spiro atoms. The maximum atomic E-state index is 13.7. The maximum absolute atomic E-state index is 13.7. The second-order valence-electron chi connectivity index (χ2n) is 8.68. The van der Waals surface area contributed by atoms with Gasteiger partial charge in [0.25, 0.3) is 10.0 Å². The number of benzene rings is 3. The number of hydrogen-bond donors (Lipinski definition) is 0. The molecular formula is C28H33N3O5S2. The Bertz CT molecular complexity index is 1310. The fraction of sp³-hybridized carbons (Fsp3) is 0.321. The van der Waals surface area contributed by atoms with E-state index in [1.807, 2.05) is 37.4 Å². The van der Waals surface area contributed by atoms with Crippen LogP contribution in [0.1, 0.15) is 6.92 Å². The molecule has 0 radical (unpaired) electrons. The zero-order chi connectivity index (χ0) is 27.1. The lowest BCUT2D eigenvalue weighted by Gasteiger charge is -2.37. The molecule has 0 saturated carbocycles. The van der Waals surface area contributed by atoms with Crippen molar-refractivity contribution >= 4 is 39.1 Å². The summed E-state index contributed by atoms with van der Waals surface area (Å²) in [5.41, 5.74) is 1.47. The monoisotopic (exact) mass is 555 g/mol.